The average molecular weight is 869 g/mol. The average Bonchev–Trinajstić information content (AvgIpc) is 3.92. The molecule has 2 fully saturated rings. The second kappa shape index (κ2) is 17.2. The zero-order valence-electron chi connectivity index (χ0n) is 31.0. The molecule has 3 aromatic carbocycles. The number of para-hydroxylation sites is 1. The molecule has 0 bridgehead atoms. The maximum atomic E-state index is 13.8. The molecule has 0 amide bonds. The lowest BCUT2D eigenvalue weighted by Crippen LogP contribution is -2.14. The van der Waals surface area contributed by atoms with Gasteiger partial charge in [-0.1, -0.05) is 93.4 Å². The summed E-state index contributed by atoms with van der Waals surface area (Å²) in [6, 6.07) is 17.4. The number of halogens is 12. The van der Waals surface area contributed by atoms with Crippen molar-refractivity contribution in [1.29, 1.82) is 5.26 Å². The molecule has 312 valence electrons. The molecule has 2 saturated carbocycles. The van der Waals surface area contributed by atoms with E-state index in [1.54, 1.807) is 50.2 Å². The molecule has 2 aliphatic rings. The monoisotopic (exact) mass is 867 g/mol. The number of hydrogen-bond acceptors (Lipinski definition) is 6. The Morgan fingerprint density at radius 3 is 1.69 bits per heavy atom. The van der Waals surface area contributed by atoms with E-state index < -0.39 is 116 Å². The minimum absolute atomic E-state index is 0.392. The van der Waals surface area contributed by atoms with Crippen molar-refractivity contribution in [3.63, 3.8) is 0 Å². The van der Waals surface area contributed by atoms with Gasteiger partial charge in [0.2, 0.25) is 6.10 Å². The highest BCUT2D eigenvalue weighted by atomic mass is 35.5. The van der Waals surface area contributed by atoms with Gasteiger partial charge >= 0.3 is 24.3 Å². The highest BCUT2D eigenvalue weighted by Crippen LogP contribution is 2.61. The van der Waals surface area contributed by atoms with Gasteiger partial charge in [-0.3, -0.25) is 9.59 Å². The zero-order chi connectivity index (χ0) is 43.7. The summed E-state index contributed by atoms with van der Waals surface area (Å²) in [4.78, 5) is 24.7. The SMILES string of the molecule is CC1(C)[C@H](C(=O)OC(C#N)c2cccc(Oc3ccccc3)c2)[C@@H]1/C=C(\Cl)C(F)(F)F.Cc1c(F)c(F)c(COC(=O)C2C(/C=C(\Cl)C(F)(F)F)C2(C)C)c(F)c1F. The molecule has 3 aromatic rings. The fourth-order valence-electron chi connectivity index (χ4n) is 6.25. The molecule has 0 heterocycles. The molecular weight excluding hydrogens is 835 g/mol. The van der Waals surface area contributed by atoms with Gasteiger partial charge in [-0.25, -0.2) is 17.6 Å². The van der Waals surface area contributed by atoms with E-state index >= 15 is 0 Å². The molecule has 3 unspecified atom stereocenters. The van der Waals surface area contributed by atoms with E-state index in [9.17, 15) is 58.8 Å². The van der Waals surface area contributed by atoms with Gasteiger partial charge in [0, 0.05) is 11.1 Å². The van der Waals surface area contributed by atoms with Crippen LogP contribution in [0.2, 0.25) is 0 Å². The number of esters is 2. The predicted molar refractivity (Wildman–Crippen MR) is 190 cm³/mol. The van der Waals surface area contributed by atoms with Crippen LogP contribution in [0.15, 0.2) is 76.8 Å². The van der Waals surface area contributed by atoms with Gasteiger partial charge in [-0.05, 0) is 53.9 Å². The summed E-state index contributed by atoms with van der Waals surface area (Å²) in [5.41, 5.74) is -3.30. The van der Waals surface area contributed by atoms with Crippen molar-refractivity contribution >= 4 is 35.1 Å². The van der Waals surface area contributed by atoms with Crippen LogP contribution in [0.1, 0.15) is 50.5 Å². The number of benzene rings is 3. The maximum absolute atomic E-state index is 13.8. The van der Waals surface area contributed by atoms with E-state index in [0.29, 0.717) is 23.1 Å². The minimum atomic E-state index is -4.78. The molecule has 58 heavy (non-hydrogen) atoms. The Labute approximate surface area is 336 Å². The van der Waals surface area contributed by atoms with Crippen LogP contribution in [0.3, 0.4) is 0 Å². The minimum Gasteiger partial charge on any atom is -0.460 e. The lowest BCUT2D eigenvalue weighted by atomic mass is 10.1. The Hall–Kier alpha value is -4.75. The molecule has 0 saturated heterocycles. The van der Waals surface area contributed by atoms with Crippen molar-refractivity contribution in [3.05, 3.63) is 117 Å². The summed E-state index contributed by atoms with van der Waals surface area (Å²) in [6.07, 6.45) is -9.18. The van der Waals surface area contributed by atoms with Crippen LogP contribution in [0, 0.1) is 76.0 Å². The number of alkyl halides is 6. The number of nitriles is 1. The molecule has 0 radical (unpaired) electrons. The molecule has 5 rings (SSSR count). The van der Waals surface area contributed by atoms with E-state index in [0.717, 1.165) is 13.0 Å². The van der Waals surface area contributed by atoms with Crippen LogP contribution in [0.5, 0.6) is 11.5 Å². The highest BCUT2D eigenvalue weighted by molar-refractivity contribution is 6.30. The summed E-state index contributed by atoms with van der Waals surface area (Å²) in [6.45, 7) is 5.98. The van der Waals surface area contributed by atoms with Crippen LogP contribution in [-0.4, -0.2) is 24.3 Å². The zero-order valence-corrected chi connectivity index (χ0v) is 32.5. The van der Waals surface area contributed by atoms with E-state index in [1.165, 1.54) is 13.8 Å². The number of carbonyl (C=O) groups is 2. The normalized spacial score (nSPS) is 21.4. The summed E-state index contributed by atoms with van der Waals surface area (Å²) in [7, 11) is 0. The first-order valence-corrected chi connectivity index (χ1v) is 17.8. The first kappa shape index (κ1) is 45.9. The van der Waals surface area contributed by atoms with Crippen molar-refractivity contribution in [2.24, 2.45) is 34.5 Å². The van der Waals surface area contributed by atoms with Crippen LogP contribution in [0.4, 0.5) is 43.9 Å². The standard InChI is InChI=1S/C23H19ClF3NO3.C17H14ClF7O2/c1-22(2)17(12-19(24)23(25,26)27)20(22)21(29)31-18(13-28)14-7-6-10-16(11-14)30-15-8-4-3-5-9-15;1-6-11(19)13(21)7(14(22)12(6)20)5-27-15(26)10-8(16(10,2)3)4-9(18)17(23,24)25/h3-12,17-18,20H,1-2H3;4,8,10H,5H2,1-3H3/b19-12-;9-4-/t17-,18?,20-;/m0./s1. The van der Waals surface area contributed by atoms with Gasteiger partial charge in [-0.2, -0.15) is 31.6 Å². The number of carbonyl (C=O) groups excluding carboxylic acids is 2. The highest BCUT2D eigenvalue weighted by Gasteiger charge is 2.63. The lowest BCUT2D eigenvalue weighted by molar-refractivity contribution is -0.150. The van der Waals surface area contributed by atoms with Crippen LogP contribution in [-0.2, 0) is 25.7 Å². The molecule has 2 aliphatic carbocycles. The fraction of sp³-hybridized carbons (Fsp3) is 0.375. The molecular formula is C40H33Cl2F10NO5. The number of ether oxygens (including phenoxy) is 3. The first-order valence-electron chi connectivity index (χ1n) is 17.0. The molecule has 0 aliphatic heterocycles. The Kier molecular flexibility index (Phi) is 13.6. The molecule has 0 N–H and O–H groups in total. The molecule has 18 heteroatoms. The number of nitrogens with zero attached hydrogens (tertiary/aromatic N) is 1. The van der Waals surface area contributed by atoms with E-state index in [2.05, 4.69) is 0 Å². The molecule has 0 aromatic heterocycles. The van der Waals surface area contributed by atoms with Gasteiger partial charge in [0.1, 0.15) is 34.2 Å². The third kappa shape index (κ3) is 10.3. The second-order valence-corrected chi connectivity index (χ2v) is 15.4. The summed E-state index contributed by atoms with van der Waals surface area (Å²) < 4.78 is 146. The lowest BCUT2D eigenvalue weighted by Gasteiger charge is -2.13. The Bertz CT molecular complexity index is 2120. The van der Waals surface area contributed by atoms with Crippen LogP contribution < -0.4 is 4.74 Å². The summed E-state index contributed by atoms with van der Waals surface area (Å²) >= 11 is 10.5. The quantitative estimate of drug-likeness (QED) is 0.115. The topological polar surface area (TPSA) is 85.6 Å². The van der Waals surface area contributed by atoms with Crippen molar-refractivity contribution in [3.8, 4) is 17.6 Å². The van der Waals surface area contributed by atoms with Crippen molar-refractivity contribution in [2.45, 2.75) is 59.7 Å². The smallest absolute Gasteiger partial charge is 0.426 e. The van der Waals surface area contributed by atoms with Gasteiger partial charge < -0.3 is 14.2 Å². The van der Waals surface area contributed by atoms with Gasteiger partial charge in [-0.15, -0.1) is 0 Å². The number of rotatable bonds is 10. The summed E-state index contributed by atoms with van der Waals surface area (Å²) in [5.74, 6) is -11.0. The number of allylic oxidation sites excluding steroid dienone is 4. The van der Waals surface area contributed by atoms with Gasteiger partial charge in [0.15, 0.2) is 23.3 Å². The van der Waals surface area contributed by atoms with Crippen molar-refractivity contribution < 1.29 is 67.7 Å². The van der Waals surface area contributed by atoms with Gasteiger partial charge in [0.25, 0.3) is 0 Å². The molecule has 5 atom stereocenters. The largest absolute Gasteiger partial charge is 0.460 e. The predicted octanol–water partition coefficient (Wildman–Crippen LogP) is 12.1. The van der Waals surface area contributed by atoms with Gasteiger partial charge in [0.05, 0.1) is 17.4 Å². The van der Waals surface area contributed by atoms with Crippen molar-refractivity contribution in [1.82, 2.24) is 0 Å². The van der Waals surface area contributed by atoms with Crippen LogP contribution >= 0.6 is 23.2 Å². The third-order valence-corrected chi connectivity index (χ3v) is 10.6. The van der Waals surface area contributed by atoms with E-state index in [1.807, 2.05) is 24.3 Å². The second-order valence-electron chi connectivity index (χ2n) is 14.6. The summed E-state index contributed by atoms with van der Waals surface area (Å²) in [5, 5.41) is 6.83. The van der Waals surface area contributed by atoms with E-state index in [-0.39, 0.29) is 0 Å². The maximum Gasteiger partial charge on any atom is 0.426 e. The Balaban J connectivity index is 0.000000259. The Morgan fingerprint density at radius 1 is 0.759 bits per heavy atom. The fourth-order valence-corrected chi connectivity index (χ4v) is 6.52. The Morgan fingerprint density at radius 2 is 1.22 bits per heavy atom. The van der Waals surface area contributed by atoms with Crippen LogP contribution in [0.25, 0.3) is 0 Å². The number of hydrogen-bond donors (Lipinski definition) is 0. The molecule has 0 spiro atoms. The van der Waals surface area contributed by atoms with E-state index in [4.69, 9.17) is 37.4 Å². The van der Waals surface area contributed by atoms with Crippen molar-refractivity contribution in [2.75, 3.05) is 0 Å². The first-order chi connectivity index (χ1) is 26.7. The molecule has 6 nitrogen and oxygen atoms in total. The third-order valence-electron chi connectivity index (χ3n) is 9.95.